The fourth-order valence-corrected chi connectivity index (χ4v) is 3.73. The molecule has 0 aromatic carbocycles. The third-order valence-corrected chi connectivity index (χ3v) is 5.17. The number of carbonyl (C=O) groups is 2. The van der Waals surface area contributed by atoms with Gasteiger partial charge in [0.25, 0.3) is 0 Å². The second kappa shape index (κ2) is 7.96. The van der Waals surface area contributed by atoms with Crippen molar-refractivity contribution in [3.8, 4) is 6.07 Å². The first-order valence-corrected chi connectivity index (χ1v) is 9.26. The zero-order chi connectivity index (χ0) is 19.6. The summed E-state index contributed by atoms with van der Waals surface area (Å²) in [7, 11) is 3.50. The van der Waals surface area contributed by atoms with Crippen LogP contribution in [0.2, 0.25) is 0 Å². The number of likely N-dealkylation sites (tertiary alicyclic amines) is 1. The number of amides is 2. The highest BCUT2D eigenvalue weighted by Gasteiger charge is 2.34. The summed E-state index contributed by atoms with van der Waals surface area (Å²) in [6.45, 7) is 5.07. The van der Waals surface area contributed by atoms with Crippen molar-refractivity contribution in [2.45, 2.75) is 25.8 Å². The van der Waals surface area contributed by atoms with Gasteiger partial charge in [-0.1, -0.05) is 0 Å². The van der Waals surface area contributed by atoms with Crippen molar-refractivity contribution in [2.24, 2.45) is 0 Å². The Morgan fingerprint density at radius 2 is 1.96 bits per heavy atom. The van der Waals surface area contributed by atoms with E-state index in [9.17, 15) is 14.9 Å². The molecule has 2 amide bonds. The van der Waals surface area contributed by atoms with Crippen molar-refractivity contribution >= 4 is 17.7 Å². The SMILES string of the molecule is Cc1nc(C#N)c(N2CCN(C(=O)CN3CCCC3C(=O)N(C)C)CC2)o1. The Morgan fingerprint density at radius 1 is 1.26 bits per heavy atom. The van der Waals surface area contributed by atoms with Gasteiger partial charge in [0.1, 0.15) is 6.07 Å². The Balaban J connectivity index is 1.56. The molecule has 0 bridgehead atoms. The van der Waals surface area contributed by atoms with E-state index in [0.717, 1.165) is 19.4 Å². The van der Waals surface area contributed by atoms with Gasteiger partial charge in [0.05, 0.1) is 12.6 Å². The van der Waals surface area contributed by atoms with Gasteiger partial charge in [-0.2, -0.15) is 5.26 Å². The molecule has 2 aliphatic heterocycles. The molecule has 9 heteroatoms. The molecule has 9 nitrogen and oxygen atoms in total. The summed E-state index contributed by atoms with van der Waals surface area (Å²) in [5.41, 5.74) is 0.286. The van der Waals surface area contributed by atoms with Gasteiger partial charge in [-0.25, -0.2) is 4.98 Å². The molecular formula is C18H26N6O3. The molecule has 3 rings (SSSR count). The molecule has 0 radical (unpaired) electrons. The minimum Gasteiger partial charge on any atom is -0.424 e. The molecule has 2 fully saturated rings. The van der Waals surface area contributed by atoms with Gasteiger partial charge >= 0.3 is 0 Å². The second-order valence-electron chi connectivity index (χ2n) is 7.23. The molecule has 0 N–H and O–H groups in total. The minimum atomic E-state index is -0.194. The number of aryl methyl sites for hydroxylation is 1. The van der Waals surface area contributed by atoms with E-state index in [1.807, 2.05) is 14.7 Å². The van der Waals surface area contributed by atoms with E-state index in [-0.39, 0.29) is 30.1 Å². The fraction of sp³-hybridized carbons (Fsp3) is 0.667. The molecule has 2 saturated heterocycles. The fourth-order valence-electron chi connectivity index (χ4n) is 3.73. The molecule has 2 aliphatic rings. The standard InChI is InChI=1S/C18H26N6O3/c1-13-20-14(11-19)18(27-13)23-9-7-22(8-10-23)16(25)12-24-6-4-5-15(24)17(26)21(2)3/h15H,4-10,12H2,1-3H3. The highest BCUT2D eigenvalue weighted by molar-refractivity contribution is 5.84. The van der Waals surface area contributed by atoms with Gasteiger partial charge in [0.15, 0.2) is 5.89 Å². The molecule has 0 spiro atoms. The van der Waals surface area contributed by atoms with Crippen LogP contribution < -0.4 is 4.90 Å². The van der Waals surface area contributed by atoms with Crippen molar-refractivity contribution in [3.05, 3.63) is 11.6 Å². The molecule has 0 aliphatic carbocycles. The Kier molecular flexibility index (Phi) is 5.65. The number of hydrogen-bond acceptors (Lipinski definition) is 7. The number of oxazole rings is 1. The topological polar surface area (TPSA) is 96.9 Å². The Morgan fingerprint density at radius 3 is 2.59 bits per heavy atom. The van der Waals surface area contributed by atoms with E-state index >= 15 is 0 Å². The maximum Gasteiger partial charge on any atom is 0.239 e. The molecule has 1 unspecified atom stereocenters. The number of aromatic nitrogens is 1. The summed E-state index contributed by atoms with van der Waals surface area (Å²) in [5.74, 6) is 1.06. The number of carbonyl (C=O) groups excluding carboxylic acids is 2. The number of anilines is 1. The van der Waals surface area contributed by atoms with Crippen LogP contribution in [0.1, 0.15) is 24.4 Å². The van der Waals surface area contributed by atoms with Gasteiger partial charge in [0.2, 0.25) is 23.4 Å². The number of rotatable bonds is 4. The molecule has 1 atom stereocenters. The highest BCUT2D eigenvalue weighted by atomic mass is 16.4. The molecule has 3 heterocycles. The molecule has 0 saturated carbocycles. The Hall–Kier alpha value is -2.60. The van der Waals surface area contributed by atoms with E-state index in [0.29, 0.717) is 38.0 Å². The van der Waals surface area contributed by atoms with Crippen molar-refractivity contribution in [1.82, 2.24) is 19.7 Å². The van der Waals surface area contributed by atoms with Crippen molar-refractivity contribution < 1.29 is 14.0 Å². The van der Waals surface area contributed by atoms with Crippen LogP contribution in [0.4, 0.5) is 5.88 Å². The van der Waals surface area contributed by atoms with Crippen LogP contribution in [-0.4, -0.2) is 90.9 Å². The van der Waals surface area contributed by atoms with Crippen LogP contribution in [0.3, 0.4) is 0 Å². The first-order chi connectivity index (χ1) is 12.9. The lowest BCUT2D eigenvalue weighted by Gasteiger charge is -2.36. The van der Waals surface area contributed by atoms with Gasteiger partial charge in [-0.15, -0.1) is 0 Å². The van der Waals surface area contributed by atoms with E-state index in [4.69, 9.17) is 4.42 Å². The van der Waals surface area contributed by atoms with Gasteiger partial charge in [-0.3, -0.25) is 14.5 Å². The van der Waals surface area contributed by atoms with Gasteiger partial charge < -0.3 is 19.1 Å². The van der Waals surface area contributed by atoms with E-state index in [1.165, 1.54) is 0 Å². The van der Waals surface area contributed by atoms with Crippen LogP contribution in [-0.2, 0) is 9.59 Å². The number of piperazine rings is 1. The highest BCUT2D eigenvalue weighted by Crippen LogP contribution is 2.23. The van der Waals surface area contributed by atoms with E-state index in [1.54, 1.807) is 25.9 Å². The number of nitrogens with zero attached hydrogens (tertiary/aromatic N) is 6. The quantitative estimate of drug-likeness (QED) is 0.735. The lowest BCUT2D eigenvalue weighted by Crippen LogP contribution is -2.53. The van der Waals surface area contributed by atoms with Gasteiger partial charge in [-0.05, 0) is 19.4 Å². The Bertz CT molecular complexity index is 745. The molecule has 1 aromatic heterocycles. The van der Waals surface area contributed by atoms with Crippen LogP contribution in [0.25, 0.3) is 0 Å². The van der Waals surface area contributed by atoms with Crippen molar-refractivity contribution in [3.63, 3.8) is 0 Å². The van der Waals surface area contributed by atoms with Crippen LogP contribution >= 0.6 is 0 Å². The normalized spacial score (nSPS) is 20.6. The maximum atomic E-state index is 12.7. The van der Waals surface area contributed by atoms with Crippen LogP contribution in [0.15, 0.2) is 4.42 Å². The van der Waals surface area contributed by atoms with Crippen LogP contribution in [0, 0.1) is 18.3 Å². The summed E-state index contributed by atoms with van der Waals surface area (Å²) in [6.07, 6.45) is 1.74. The Labute approximate surface area is 159 Å². The van der Waals surface area contributed by atoms with Crippen molar-refractivity contribution in [2.75, 3.05) is 58.3 Å². The summed E-state index contributed by atoms with van der Waals surface area (Å²) >= 11 is 0. The lowest BCUT2D eigenvalue weighted by atomic mass is 10.2. The summed E-state index contributed by atoms with van der Waals surface area (Å²) in [4.78, 5) is 36.4. The second-order valence-corrected chi connectivity index (χ2v) is 7.23. The number of likely N-dealkylation sites (N-methyl/N-ethyl adjacent to an activating group) is 1. The third-order valence-electron chi connectivity index (χ3n) is 5.17. The number of hydrogen-bond donors (Lipinski definition) is 0. The summed E-state index contributed by atoms with van der Waals surface area (Å²) in [5, 5.41) is 9.17. The average Bonchev–Trinajstić information content (AvgIpc) is 3.27. The van der Waals surface area contributed by atoms with E-state index in [2.05, 4.69) is 11.1 Å². The van der Waals surface area contributed by atoms with Crippen LogP contribution in [0.5, 0.6) is 0 Å². The lowest BCUT2D eigenvalue weighted by molar-refractivity contribution is -0.137. The number of nitriles is 1. The zero-order valence-corrected chi connectivity index (χ0v) is 16.1. The van der Waals surface area contributed by atoms with Gasteiger partial charge in [0, 0.05) is 47.2 Å². The zero-order valence-electron chi connectivity index (χ0n) is 16.1. The molecule has 146 valence electrons. The van der Waals surface area contributed by atoms with Crippen molar-refractivity contribution in [1.29, 1.82) is 5.26 Å². The predicted molar refractivity (Wildman–Crippen MR) is 98.0 cm³/mol. The minimum absolute atomic E-state index is 0.0439. The van der Waals surface area contributed by atoms with E-state index < -0.39 is 0 Å². The summed E-state index contributed by atoms with van der Waals surface area (Å²) < 4.78 is 5.55. The molecule has 27 heavy (non-hydrogen) atoms. The molecular weight excluding hydrogens is 348 g/mol. The predicted octanol–water partition coefficient (Wildman–Crippen LogP) is 0.0559. The summed E-state index contributed by atoms with van der Waals surface area (Å²) in [6, 6.07) is 1.86. The monoisotopic (exact) mass is 374 g/mol. The third kappa shape index (κ3) is 4.06. The maximum absolute atomic E-state index is 12.7. The first-order valence-electron chi connectivity index (χ1n) is 9.26. The molecule has 1 aromatic rings. The smallest absolute Gasteiger partial charge is 0.239 e. The first kappa shape index (κ1) is 19.2. The average molecular weight is 374 g/mol. The largest absolute Gasteiger partial charge is 0.424 e.